The summed E-state index contributed by atoms with van der Waals surface area (Å²) in [7, 11) is -23.6. The zero-order valence-corrected chi connectivity index (χ0v) is 72.4. The molecule has 0 unspecified atom stereocenters. The smallest absolute Gasteiger partial charge is 0.172 e. The largest absolute Gasteiger partial charge is 0.314 e. The van der Waals surface area contributed by atoms with Crippen LogP contribution in [0.25, 0.3) is 44.5 Å². The van der Waals surface area contributed by atoms with Gasteiger partial charge in [0.25, 0.3) is 0 Å². The van der Waals surface area contributed by atoms with E-state index in [1.807, 2.05) is 358 Å². The van der Waals surface area contributed by atoms with Crippen molar-refractivity contribution in [1.29, 1.82) is 0 Å². The summed E-state index contributed by atoms with van der Waals surface area (Å²) >= 11 is 0. The minimum absolute atomic E-state index is 0.143. The van der Waals surface area contributed by atoms with Gasteiger partial charge in [0.1, 0.15) is 7.14 Å². The standard InChI is InChI=1S/3C24H16O2P2.C19H14O2P2.3C3H8/c3*25-27(17-9-3-1-4-10-17)19-13-7-15-21-23(19)24-20(27)14-8-16-22(24)28(21,26)18-11-5-2-6-12-18;1-22(20)14-9-5-11-16-18(14)19-15(22)10-6-12-17(19)23(16,21)13-7-3-2-4-8-13;3*1-3-2/h3*1-16H;2-12H,1H3;3*3H2,1-2H3/i;;;1D;;;. The van der Waals surface area contributed by atoms with Gasteiger partial charge in [0.2, 0.25) is 0 Å². The van der Waals surface area contributed by atoms with Crippen molar-refractivity contribution in [3.8, 4) is 44.5 Å². The van der Waals surface area contributed by atoms with Crippen molar-refractivity contribution in [2.24, 2.45) is 0 Å². The van der Waals surface area contributed by atoms with Gasteiger partial charge in [0, 0.05) is 168 Å². The minimum atomic E-state index is -2.96. The lowest BCUT2D eigenvalue weighted by Crippen LogP contribution is -2.28. The lowest BCUT2D eigenvalue weighted by molar-refractivity contribution is 0.590. The Morgan fingerprint density at radius 1 is 0.164 bits per heavy atom. The van der Waals surface area contributed by atoms with Crippen LogP contribution in [0.4, 0.5) is 0 Å². The normalized spacial score (nSPS) is 16.2. The van der Waals surface area contributed by atoms with Crippen LogP contribution in [0, 0.1) is 0 Å². The van der Waals surface area contributed by atoms with E-state index in [-0.39, 0.29) is 6.64 Å². The van der Waals surface area contributed by atoms with Crippen molar-refractivity contribution in [2.45, 2.75) is 60.8 Å². The minimum Gasteiger partial charge on any atom is -0.314 e. The van der Waals surface area contributed by atoms with Crippen molar-refractivity contribution in [3.63, 3.8) is 0 Å². The van der Waals surface area contributed by atoms with E-state index in [0.717, 1.165) is 156 Å². The summed E-state index contributed by atoms with van der Waals surface area (Å²) in [6.45, 7) is 12.6. The Morgan fingerprint density at radius 2 is 0.267 bits per heavy atom. The first-order valence-electron chi connectivity index (χ1n) is 40.2. The molecule has 0 N–H and O–H groups in total. The van der Waals surface area contributed by atoms with Crippen molar-refractivity contribution in [3.05, 3.63) is 358 Å². The summed E-state index contributed by atoms with van der Waals surface area (Å²) in [4.78, 5) is 0. The lowest BCUT2D eigenvalue weighted by Gasteiger charge is -2.21. The molecule has 116 heavy (non-hydrogen) atoms. The Morgan fingerprint density at radius 3 is 0.379 bits per heavy atom. The molecule has 0 aromatic heterocycles. The number of benzene rings is 15. The van der Waals surface area contributed by atoms with Crippen LogP contribution in [0.15, 0.2) is 358 Å². The van der Waals surface area contributed by atoms with Gasteiger partial charge in [0.15, 0.2) is 50.0 Å². The van der Waals surface area contributed by atoms with Gasteiger partial charge in [-0.2, -0.15) is 0 Å². The Balaban J connectivity index is 0.000000108. The van der Waals surface area contributed by atoms with Gasteiger partial charge in [0.05, 0.1) is 0 Å². The van der Waals surface area contributed by atoms with Crippen molar-refractivity contribution < 1.29 is 37.9 Å². The average Bonchev–Trinajstić information content (AvgIpc) is 1.53. The van der Waals surface area contributed by atoms with E-state index in [4.69, 9.17) is 1.37 Å². The molecule has 16 heteroatoms. The molecule has 0 saturated carbocycles. The Hall–Kier alpha value is -9.86. The van der Waals surface area contributed by atoms with Crippen molar-refractivity contribution >= 4 is 179 Å². The fraction of sp³-hybridized carbons (Fsp3) is 0.100. The molecule has 23 rings (SSSR count). The summed E-state index contributed by atoms with van der Waals surface area (Å²) in [5.74, 6) is 0. The second kappa shape index (κ2) is 30.6. The molecule has 0 spiro atoms. The van der Waals surface area contributed by atoms with Crippen LogP contribution in [0.5, 0.6) is 0 Å². The Kier molecular flexibility index (Phi) is 20.4. The predicted molar refractivity (Wildman–Crippen MR) is 499 cm³/mol. The molecule has 8 aliphatic rings. The molecule has 15 aromatic carbocycles. The van der Waals surface area contributed by atoms with Crippen molar-refractivity contribution in [1.82, 2.24) is 0 Å². The fourth-order valence-electron chi connectivity index (χ4n) is 18.0. The average molecular weight is 1660 g/mol. The molecule has 574 valence electrons. The molecule has 0 saturated heterocycles. The molecule has 8 aliphatic heterocycles. The molecule has 0 aliphatic carbocycles. The van der Waals surface area contributed by atoms with Gasteiger partial charge in [-0.25, -0.2) is 0 Å². The van der Waals surface area contributed by atoms with Crippen LogP contribution < -0.4 is 122 Å². The van der Waals surface area contributed by atoms with E-state index in [2.05, 4.69) is 41.5 Å². The van der Waals surface area contributed by atoms with Crippen LogP contribution >= 0.6 is 57.1 Å². The first-order chi connectivity index (χ1) is 56.9. The highest BCUT2D eigenvalue weighted by molar-refractivity contribution is 7.92. The van der Waals surface area contributed by atoms with Gasteiger partial charge >= 0.3 is 0 Å². The summed E-state index contributed by atoms with van der Waals surface area (Å²) in [5, 5.41) is 18.7. The van der Waals surface area contributed by atoms with Gasteiger partial charge in [-0.3, -0.25) is 0 Å². The van der Waals surface area contributed by atoms with E-state index in [1.54, 1.807) is 0 Å². The van der Waals surface area contributed by atoms with Crippen molar-refractivity contribution in [2.75, 3.05) is 6.64 Å². The van der Waals surface area contributed by atoms with E-state index in [0.29, 0.717) is 10.6 Å². The summed E-state index contributed by atoms with van der Waals surface area (Å²) in [5.41, 5.74) is 7.36. The van der Waals surface area contributed by atoms with E-state index >= 15 is 0 Å². The third-order valence-electron chi connectivity index (χ3n) is 22.5. The van der Waals surface area contributed by atoms with Crippen LogP contribution in [0.2, 0.25) is 0 Å². The molecule has 8 heterocycles. The number of hydrogen-bond acceptors (Lipinski definition) is 8. The molecular weight excluding hydrogens is 1580 g/mol. The summed E-state index contributed by atoms with van der Waals surface area (Å²) in [6.07, 6.45) is 3.75. The molecule has 8 nitrogen and oxygen atoms in total. The molecule has 0 bridgehead atoms. The third kappa shape index (κ3) is 11.4. The lowest BCUT2D eigenvalue weighted by atomic mass is 10.1. The number of hydrogen-bond donors (Lipinski definition) is 0. The maximum Gasteiger partial charge on any atom is 0.172 e. The van der Waals surface area contributed by atoms with Gasteiger partial charge in [-0.05, 0) is 6.64 Å². The predicted octanol–water partition coefficient (Wildman–Crippen LogP) is 16.6. The topological polar surface area (TPSA) is 137 Å². The second-order valence-corrected chi connectivity index (χ2v) is 51.2. The number of rotatable bonds is 7. The highest BCUT2D eigenvalue weighted by Crippen LogP contribution is 2.65. The van der Waals surface area contributed by atoms with E-state index in [1.165, 1.54) is 19.3 Å². The van der Waals surface area contributed by atoms with Crippen LogP contribution in [0.3, 0.4) is 0 Å². The monoisotopic (exact) mass is 1660 g/mol. The van der Waals surface area contributed by atoms with Crippen LogP contribution in [-0.4, -0.2) is 6.64 Å². The molecule has 0 radical (unpaired) electrons. The quantitative estimate of drug-likeness (QED) is 0.144. The third-order valence-corrected chi connectivity index (χ3v) is 46.7. The highest BCUT2D eigenvalue weighted by Gasteiger charge is 2.56. The van der Waals surface area contributed by atoms with Gasteiger partial charge in [-0.15, -0.1) is 0 Å². The van der Waals surface area contributed by atoms with E-state index < -0.39 is 57.1 Å². The Labute approximate surface area is 682 Å². The summed E-state index contributed by atoms with van der Waals surface area (Å²) < 4.78 is 123. The summed E-state index contributed by atoms with van der Waals surface area (Å²) in [6, 6.07) is 114. The first kappa shape index (κ1) is 77.4. The first-order valence-corrected chi connectivity index (χ1v) is 53.3. The maximum absolute atomic E-state index is 14.5. The van der Waals surface area contributed by atoms with Crippen LogP contribution in [-0.2, 0) is 36.5 Å². The molecule has 15 aromatic rings. The zero-order chi connectivity index (χ0) is 81.4. The maximum atomic E-state index is 14.5. The SMILES string of the molecule is CCC.CCC.CCC.O=P1(c2ccccc2)c2cccc3c2-c2c1cccc2P3(=O)c1ccccc1.O=P1(c2ccccc2)c2cccc3c2-c2c1cccc2P3(=O)c1ccccc1.O=P1(c2ccccc2)c2cccc3c2-c2c1cccc2P3(=O)c1ccccc1.[2H]CP1(=O)c2cccc3c2-c2c1cccc2P3(=O)c1ccccc1. The molecule has 0 amide bonds. The van der Waals surface area contributed by atoms with E-state index in [9.17, 15) is 36.5 Å². The Bertz CT molecular complexity index is 5830. The highest BCUT2D eigenvalue weighted by atomic mass is 31.2. The molecule has 0 atom stereocenters. The second-order valence-electron chi connectivity index (χ2n) is 29.8. The van der Waals surface area contributed by atoms with Crippen LogP contribution in [0.1, 0.15) is 62.2 Å². The zero-order valence-electron chi connectivity index (χ0n) is 66.2. The van der Waals surface area contributed by atoms with Gasteiger partial charge in [-0.1, -0.05) is 419 Å². The molecular formula is C100H86O8P8. The molecule has 0 fully saturated rings. The fourth-order valence-corrected chi connectivity index (χ4v) is 42.5. The van der Waals surface area contributed by atoms with Gasteiger partial charge < -0.3 is 36.5 Å².